The minimum atomic E-state index is 0.367. The normalized spacial score (nSPS) is 11.3. The Hall–Kier alpha value is -2.30. The van der Waals surface area contributed by atoms with Gasteiger partial charge in [-0.15, -0.1) is 0 Å². The van der Waals surface area contributed by atoms with Crippen LogP contribution in [-0.4, -0.2) is 22.1 Å². The van der Waals surface area contributed by atoms with Crippen LogP contribution in [0.2, 0.25) is 10.2 Å². The van der Waals surface area contributed by atoms with Crippen molar-refractivity contribution in [2.24, 2.45) is 0 Å². The molecule has 4 rings (SSSR count). The molecule has 1 N–H and O–H groups in total. The number of aromatic nitrogens is 3. The van der Waals surface area contributed by atoms with Crippen molar-refractivity contribution < 1.29 is 4.74 Å². The lowest BCUT2D eigenvalue weighted by Gasteiger charge is -2.08. The van der Waals surface area contributed by atoms with Gasteiger partial charge < -0.3 is 9.72 Å². The van der Waals surface area contributed by atoms with Crippen molar-refractivity contribution in [3.63, 3.8) is 0 Å². The number of methoxy groups -OCH3 is 1. The number of ether oxygens (including phenoxy) is 1. The maximum absolute atomic E-state index is 6.36. The van der Waals surface area contributed by atoms with Crippen LogP contribution >= 0.6 is 23.2 Å². The van der Waals surface area contributed by atoms with E-state index in [0.717, 1.165) is 38.6 Å². The van der Waals surface area contributed by atoms with Gasteiger partial charge in [-0.25, -0.2) is 4.98 Å². The molecular formula is C18H13Cl2N3O. The molecule has 0 spiro atoms. The van der Waals surface area contributed by atoms with Crippen LogP contribution in [0.4, 0.5) is 0 Å². The maximum atomic E-state index is 6.36. The summed E-state index contributed by atoms with van der Waals surface area (Å²) in [5.74, 6) is 0.471. The van der Waals surface area contributed by atoms with E-state index in [2.05, 4.69) is 15.0 Å². The molecule has 0 aliphatic carbocycles. The molecule has 3 aromatic heterocycles. The lowest BCUT2D eigenvalue weighted by atomic mass is 10.0. The third kappa shape index (κ3) is 2.30. The van der Waals surface area contributed by atoms with Gasteiger partial charge in [-0.3, -0.25) is 4.98 Å². The molecule has 4 nitrogen and oxygen atoms in total. The van der Waals surface area contributed by atoms with Gasteiger partial charge in [0.25, 0.3) is 0 Å². The highest BCUT2D eigenvalue weighted by atomic mass is 35.5. The van der Waals surface area contributed by atoms with E-state index in [-0.39, 0.29) is 0 Å². The Kier molecular flexibility index (Phi) is 3.59. The van der Waals surface area contributed by atoms with Crippen molar-refractivity contribution in [3.8, 4) is 17.0 Å². The van der Waals surface area contributed by atoms with E-state index in [9.17, 15) is 0 Å². The molecule has 4 aromatic rings. The molecule has 0 saturated heterocycles. The fraction of sp³-hybridized carbons (Fsp3) is 0.111. The second-order valence-electron chi connectivity index (χ2n) is 5.51. The number of nitrogens with one attached hydrogen (secondary N) is 1. The Morgan fingerprint density at radius 2 is 1.83 bits per heavy atom. The van der Waals surface area contributed by atoms with Crippen LogP contribution in [0.5, 0.6) is 5.88 Å². The number of hydrogen-bond acceptors (Lipinski definition) is 3. The molecule has 120 valence electrons. The molecule has 0 amide bonds. The quantitative estimate of drug-likeness (QED) is 0.488. The first-order chi connectivity index (χ1) is 11.6. The van der Waals surface area contributed by atoms with Gasteiger partial charge in [0.15, 0.2) is 0 Å². The average molecular weight is 358 g/mol. The van der Waals surface area contributed by atoms with Crippen molar-refractivity contribution in [1.29, 1.82) is 0 Å². The molecule has 3 heterocycles. The largest absolute Gasteiger partial charge is 0.481 e. The molecule has 0 bridgehead atoms. The molecule has 0 radical (unpaired) electrons. The third-order valence-electron chi connectivity index (χ3n) is 4.11. The van der Waals surface area contributed by atoms with Gasteiger partial charge in [-0.05, 0) is 31.2 Å². The highest BCUT2D eigenvalue weighted by Gasteiger charge is 2.15. The molecular weight excluding hydrogens is 345 g/mol. The predicted octanol–water partition coefficient (Wildman–Crippen LogP) is 5.40. The Labute approximate surface area is 148 Å². The standard InChI is InChI=1S/C18H13Cl2N3O/c1-9-16-11(5-6-21-9)13-7-10(19)8-14(17(13)23-16)12-3-4-15(24-2)22-18(12)20/h3-8,23H,1-2H3. The topological polar surface area (TPSA) is 50.8 Å². The zero-order chi connectivity index (χ0) is 16.8. The number of aromatic amines is 1. The van der Waals surface area contributed by atoms with Crippen LogP contribution in [-0.2, 0) is 0 Å². The van der Waals surface area contributed by atoms with Gasteiger partial charge in [-0.2, -0.15) is 0 Å². The number of rotatable bonds is 2. The summed E-state index contributed by atoms with van der Waals surface area (Å²) >= 11 is 12.7. The van der Waals surface area contributed by atoms with E-state index in [1.807, 2.05) is 31.2 Å². The molecule has 24 heavy (non-hydrogen) atoms. The molecule has 0 unspecified atom stereocenters. The predicted molar refractivity (Wildman–Crippen MR) is 98.1 cm³/mol. The van der Waals surface area contributed by atoms with Gasteiger partial charge in [-0.1, -0.05) is 23.2 Å². The van der Waals surface area contributed by atoms with Crippen LogP contribution in [0, 0.1) is 6.92 Å². The van der Waals surface area contributed by atoms with E-state index in [4.69, 9.17) is 27.9 Å². The Morgan fingerprint density at radius 3 is 2.58 bits per heavy atom. The van der Waals surface area contributed by atoms with Crippen LogP contribution < -0.4 is 4.74 Å². The second-order valence-corrected chi connectivity index (χ2v) is 6.31. The third-order valence-corrected chi connectivity index (χ3v) is 4.61. The SMILES string of the molecule is COc1ccc(-c2cc(Cl)cc3c2[nH]c2c(C)nccc23)c(Cl)n1. The van der Waals surface area contributed by atoms with Crippen molar-refractivity contribution in [3.05, 3.63) is 52.4 Å². The van der Waals surface area contributed by atoms with Gasteiger partial charge >= 0.3 is 0 Å². The Morgan fingerprint density at radius 1 is 1.00 bits per heavy atom. The van der Waals surface area contributed by atoms with Gasteiger partial charge in [0.05, 0.1) is 23.8 Å². The van der Waals surface area contributed by atoms with Gasteiger partial charge in [0.1, 0.15) is 5.15 Å². The summed E-state index contributed by atoms with van der Waals surface area (Å²) in [5.41, 5.74) is 4.58. The summed E-state index contributed by atoms with van der Waals surface area (Å²) in [7, 11) is 1.56. The van der Waals surface area contributed by atoms with Crippen molar-refractivity contribution in [2.45, 2.75) is 6.92 Å². The highest BCUT2D eigenvalue weighted by Crippen LogP contribution is 2.38. The fourth-order valence-electron chi connectivity index (χ4n) is 2.97. The van der Waals surface area contributed by atoms with Crippen LogP contribution in [0.3, 0.4) is 0 Å². The molecule has 1 aromatic carbocycles. The average Bonchev–Trinajstić information content (AvgIpc) is 2.94. The zero-order valence-corrected chi connectivity index (χ0v) is 14.5. The number of aryl methyl sites for hydroxylation is 1. The van der Waals surface area contributed by atoms with E-state index in [1.165, 1.54) is 0 Å². The number of fused-ring (bicyclic) bond motifs is 3. The maximum Gasteiger partial charge on any atom is 0.214 e. The first-order valence-electron chi connectivity index (χ1n) is 7.36. The Bertz CT molecular complexity index is 1090. The lowest BCUT2D eigenvalue weighted by Crippen LogP contribution is -1.90. The minimum absolute atomic E-state index is 0.367. The smallest absolute Gasteiger partial charge is 0.214 e. The number of benzene rings is 1. The highest BCUT2D eigenvalue weighted by molar-refractivity contribution is 6.34. The van der Waals surface area contributed by atoms with Crippen molar-refractivity contribution >= 4 is 45.0 Å². The van der Waals surface area contributed by atoms with E-state index < -0.39 is 0 Å². The van der Waals surface area contributed by atoms with Gasteiger partial charge in [0, 0.05) is 39.2 Å². The lowest BCUT2D eigenvalue weighted by molar-refractivity contribution is 0.398. The number of nitrogens with zero attached hydrogens (tertiary/aromatic N) is 2. The molecule has 0 aliphatic rings. The van der Waals surface area contributed by atoms with Crippen LogP contribution in [0.25, 0.3) is 32.9 Å². The summed E-state index contributed by atoms with van der Waals surface area (Å²) in [4.78, 5) is 12.1. The summed E-state index contributed by atoms with van der Waals surface area (Å²) in [5, 5.41) is 3.12. The first kappa shape index (κ1) is 15.2. The summed E-state index contributed by atoms with van der Waals surface area (Å²) in [6, 6.07) is 9.48. The number of H-pyrrole nitrogens is 1. The monoisotopic (exact) mass is 357 g/mol. The number of pyridine rings is 2. The minimum Gasteiger partial charge on any atom is -0.481 e. The van der Waals surface area contributed by atoms with Crippen molar-refractivity contribution in [2.75, 3.05) is 7.11 Å². The van der Waals surface area contributed by atoms with Crippen LogP contribution in [0.1, 0.15) is 5.69 Å². The summed E-state index contributed by atoms with van der Waals surface area (Å²) < 4.78 is 5.12. The molecule has 0 aliphatic heterocycles. The molecule has 6 heteroatoms. The molecule has 0 fully saturated rings. The summed E-state index contributed by atoms with van der Waals surface area (Å²) in [6.07, 6.45) is 1.80. The van der Waals surface area contributed by atoms with E-state index in [0.29, 0.717) is 16.1 Å². The first-order valence-corrected chi connectivity index (χ1v) is 8.11. The Balaban J connectivity index is 2.09. The number of hydrogen-bond donors (Lipinski definition) is 1. The van der Waals surface area contributed by atoms with Crippen LogP contribution in [0.15, 0.2) is 36.5 Å². The zero-order valence-electron chi connectivity index (χ0n) is 13.0. The molecule has 0 atom stereocenters. The van der Waals surface area contributed by atoms with E-state index in [1.54, 1.807) is 19.4 Å². The number of halogens is 2. The van der Waals surface area contributed by atoms with Crippen molar-refractivity contribution in [1.82, 2.24) is 15.0 Å². The molecule has 0 saturated carbocycles. The summed E-state index contributed by atoms with van der Waals surface area (Å²) in [6.45, 7) is 1.97. The second kappa shape index (κ2) is 5.65. The fourth-order valence-corrected chi connectivity index (χ4v) is 3.44. The van der Waals surface area contributed by atoms with E-state index >= 15 is 0 Å². The van der Waals surface area contributed by atoms with Gasteiger partial charge in [0.2, 0.25) is 5.88 Å².